The van der Waals surface area contributed by atoms with Gasteiger partial charge in [0.2, 0.25) is 5.91 Å². The maximum Gasteiger partial charge on any atom is 0.466 e. The van der Waals surface area contributed by atoms with E-state index >= 15 is 0 Å². The summed E-state index contributed by atoms with van der Waals surface area (Å²) >= 11 is 5.94. The maximum absolute atomic E-state index is 13.6. The Balaban J connectivity index is 0.000000700. The number of hydrogen-bond donors (Lipinski definition) is 8. The molecule has 1 amide bonds. The normalized spacial score (nSPS) is 13.5. The Hall–Kier alpha value is -3.09. The molecule has 4 rings (SSSR count). The first-order valence-electron chi connectivity index (χ1n) is 13.9. The van der Waals surface area contributed by atoms with Crippen LogP contribution in [0.1, 0.15) is 12.8 Å². The predicted octanol–water partition coefficient (Wildman–Crippen LogP) is 2.94. The summed E-state index contributed by atoms with van der Waals surface area (Å²) in [5, 5.41) is 6.75. The Bertz CT molecular complexity index is 1600. The van der Waals surface area contributed by atoms with E-state index in [0.717, 1.165) is 38.0 Å². The second kappa shape index (κ2) is 19.8. The van der Waals surface area contributed by atoms with Gasteiger partial charge in [-0.05, 0) is 37.1 Å². The highest BCUT2D eigenvalue weighted by atomic mass is 35.5. The third-order valence-corrected chi connectivity index (χ3v) is 6.46. The van der Waals surface area contributed by atoms with Crippen LogP contribution in [-0.2, 0) is 23.4 Å². The zero-order valence-electron chi connectivity index (χ0n) is 25.8. The highest BCUT2D eigenvalue weighted by Gasteiger charge is 2.17. The second-order valence-corrected chi connectivity index (χ2v) is 12.3. The van der Waals surface area contributed by atoms with Crippen molar-refractivity contribution in [3.05, 3.63) is 59.1 Å². The molecule has 1 aliphatic heterocycles. The van der Waals surface area contributed by atoms with Gasteiger partial charge in [0.05, 0.1) is 29.4 Å². The fourth-order valence-corrected chi connectivity index (χ4v) is 4.31. The number of aromatic nitrogens is 2. The lowest BCUT2D eigenvalue weighted by molar-refractivity contribution is -0.112. The van der Waals surface area contributed by atoms with Crippen LogP contribution in [-0.4, -0.2) is 104 Å². The Kier molecular flexibility index (Phi) is 16.9. The molecule has 1 aromatic heterocycles. The molecule has 2 heterocycles. The second-order valence-electron chi connectivity index (χ2n) is 9.84. The molecule has 0 atom stereocenters. The molecular weight excluding hydrogens is 703 g/mol. The van der Waals surface area contributed by atoms with Gasteiger partial charge >= 0.3 is 15.6 Å². The molecule has 0 bridgehead atoms. The summed E-state index contributed by atoms with van der Waals surface area (Å²) in [6.45, 7) is 4.05. The van der Waals surface area contributed by atoms with Crippen LogP contribution in [0.2, 0.25) is 5.02 Å². The van der Waals surface area contributed by atoms with Crippen LogP contribution in [0.5, 0.6) is 5.75 Å². The van der Waals surface area contributed by atoms with Crippen LogP contribution < -0.4 is 15.4 Å². The molecule has 0 saturated carbocycles. The molecule has 2 aromatic carbocycles. The minimum absolute atomic E-state index is 0.00675. The summed E-state index contributed by atoms with van der Waals surface area (Å²) in [6, 6.07) is 7.81. The van der Waals surface area contributed by atoms with Crippen LogP contribution in [0.4, 0.5) is 21.6 Å². The van der Waals surface area contributed by atoms with E-state index in [2.05, 4.69) is 25.5 Å². The molecule has 0 aliphatic carbocycles. The number of likely N-dealkylation sites (tertiary alicyclic amines) is 1. The number of methoxy groups -OCH3 is 2. The van der Waals surface area contributed by atoms with Crippen molar-refractivity contribution in [2.24, 2.45) is 0 Å². The lowest BCUT2D eigenvalue weighted by Gasteiger charge is -2.27. The third kappa shape index (κ3) is 16.8. The van der Waals surface area contributed by atoms with Crippen molar-refractivity contribution in [2.75, 3.05) is 64.3 Å². The molecule has 3 aromatic rings. The van der Waals surface area contributed by atoms with Gasteiger partial charge in [0.1, 0.15) is 30.3 Å². The SMILES string of the molecule is COCCOc1cc2ncnc(Nc3ccc(F)c(Cl)c3)c2cc1NC(=O)C=C1CCN(CCOC)CC1.O=P(O)(O)O.O=P(O)(O)O. The first kappa shape index (κ1) is 41.1. The molecule has 21 heteroatoms. The van der Waals surface area contributed by atoms with Gasteiger partial charge in [0, 0.05) is 57.1 Å². The molecule has 0 unspecified atom stereocenters. The zero-order valence-corrected chi connectivity index (χ0v) is 28.4. The summed E-state index contributed by atoms with van der Waals surface area (Å²) in [5.41, 5.74) is 2.73. The van der Waals surface area contributed by atoms with E-state index in [0.29, 0.717) is 53.7 Å². The average molecular weight is 740 g/mol. The minimum atomic E-state index is -4.64. The van der Waals surface area contributed by atoms with Crippen molar-refractivity contribution < 1.29 is 61.9 Å². The largest absolute Gasteiger partial charge is 0.489 e. The molecule has 266 valence electrons. The number of phosphoric acid groups is 2. The number of benzene rings is 2. The molecule has 0 radical (unpaired) electrons. The average Bonchev–Trinajstić information content (AvgIpc) is 2.97. The summed E-state index contributed by atoms with van der Waals surface area (Å²) in [6.07, 6.45) is 4.73. The topological polar surface area (TPSA) is 253 Å². The Morgan fingerprint density at radius 2 is 1.60 bits per heavy atom. The smallest absolute Gasteiger partial charge is 0.466 e. The number of anilines is 3. The van der Waals surface area contributed by atoms with Crippen molar-refractivity contribution in [1.29, 1.82) is 0 Å². The van der Waals surface area contributed by atoms with E-state index in [9.17, 15) is 9.18 Å². The number of halogens is 2. The molecule has 8 N–H and O–H groups in total. The number of piperidine rings is 1. The summed E-state index contributed by atoms with van der Waals surface area (Å²) in [7, 11) is -5.99. The van der Waals surface area contributed by atoms with Gasteiger partial charge in [-0.1, -0.05) is 17.2 Å². The Morgan fingerprint density at radius 1 is 0.979 bits per heavy atom. The highest BCUT2D eigenvalue weighted by molar-refractivity contribution is 7.45. The molecule has 48 heavy (non-hydrogen) atoms. The van der Waals surface area contributed by atoms with E-state index < -0.39 is 21.5 Å². The number of amides is 1. The van der Waals surface area contributed by atoms with Gasteiger partial charge in [-0.25, -0.2) is 23.5 Å². The lowest BCUT2D eigenvalue weighted by Crippen LogP contribution is -2.33. The zero-order chi connectivity index (χ0) is 35.9. The third-order valence-electron chi connectivity index (χ3n) is 6.17. The molecule has 17 nitrogen and oxygen atoms in total. The highest BCUT2D eigenvalue weighted by Crippen LogP contribution is 2.34. The van der Waals surface area contributed by atoms with Crippen molar-refractivity contribution in [1.82, 2.24) is 14.9 Å². The number of nitrogens with zero attached hydrogens (tertiary/aromatic N) is 3. The summed E-state index contributed by atoms with van der Waals surface area (Å²) in [4.78, 5) is 67.2. The van der Waals surface area contributed by atoms with Gasteiger partial charge in [-0.3, -0.25) is 4.79 Å². The van der Waals surface area contributed by atoms with E-state index in [-0.39, 0.29) is 10.9 Å². The van der Waals surface area contributed by atoms with Crippen LogP contribution in [0.3, 0.4) is 0 Å². The maximum atomic E-state index is 13.6. The fourth-order valence-electron chi connectivity index (χ4n) is 4.13. The summed E-state index contributed by atoms with van der Waals surface area (Å²) in [5.74, 6) is 0.184. The van der Waals surface area contributed by atoms with Crippen LogP contribution in [0.25, 0.3) is 10.9 Å². The van der Waals surface area contributed by atoms with Crippen LogP contribution >= 0.6 is 27.2 Å². The van der Waals surface area contributed by atoms with Gasteiger partial charge in [0.15, 0.2) is 0 Å². The number of ether oxygens (including phenoxy) is 3. The van der Waals surface area contributed by atoms with E-state index in [1.165, 1.54) is 18.5 Å². The number of nitrogens with one attached hydrogen (secondary N) is 2. The van der Waals surface area contributed by atoms with Gasteiger partial charge in [0.25, 0.3) is 0 Å². The number of carbonyl (C=O) groups is 1. The number of carbonyl (C=O) groups excluding carboxylic acids is 1. The predicted molar refractivity (Wildman–Crippen MR) is 174 cm³/mol. The lowest BCUT2D eigenvalue weighted by atomic mass is 10.0. The van der Waals surface area contributed by atoms with Crippen molar-refractivity contribution in [3.63, 3.8) is 0 Å². The van der Waals surface area contributed by atoms with E-state index in [1.807, 2.05) is 0 Å². The van der Waals surface area contributed by atoms with Crippen LogP contribution in [0, 0.1) is 5.82 Å². The molecule has 1 saturated heterocycles. The molecule has 1 aliphatic rings. The van der Waals surface area contributed by atoms with Crippen LogP contribution in [0.15, 0.2) is 48.3 Å². The molecular formula is C27H37ClFN5O12P2. The number of fused-ring (bicyclic) bond motifs is 1. The monoisotopic (exact) mass is 739 g/mol. The van der Waals surface area contributed by atoms with E-state index in [4.69, 9.17) is 64.3 Å². The van der Waals surface area contributed by atoms with Crippen molar-refractivity contribution in [3.8, 4) is 5.75 Å². The standard InChI is InChI=1S/C27H31ClFN5O4.2H3O4P/c1-36-10-9-34-7-5-18(6-8-34)13-26(35)33-24-15-20-23(16-25(24)38-12-11-37-2)30-17-31-27(20)32-19-3-4-22(29)21(28)14-19;2*1-5(2,3)4/h3-4,13-17H,5-12H2,1-2H3,(H,33,35)(H,30,31,32);2*(H3,1,2,3,4). The van der Waals surface area contributed by atoms with Crippen molar-refractivity contribution in [2.45, 2.75) is 12.8 Å². The first-order chi connectivity index (χ1) is 22.5. The van der Waals surface area contributed by atoms with Gasteiger partial charge in [-0.15, -0.1) is 0 Å². The van der Waals surface area contributed by atoms with Crippen molar-refractivity contribution >= 4 is 61.2 Å². The quantitative estimate of drug-likeness (QED) is 0.0799. The van der Waals surface area contributed by atoms with E-state index in [1.54, 1.807) is 38.5 Å². The Labute approximate surface area is 279 Å². The molecule has 1 fully saturated rings. The Morgan fingerprint density at radius 3 is 2.19 bits per heavy atom. The summed E-state index contributed by atoms with van der Waals surface area (Å²) < 4.78 is 47.5. The first-order valence-corrected chi connectivity index (χ1v) is 17.4. The fraction of sp³-hybridized carbons (Fsp3) is 0.370. The minimum Gasteiger partial charge on any atom is -0.489 e. The number of hydrogen-bond acceptors (Lipinski definition) is 10. The van der Waals surface area contributed by atoms with Gasteiger partial charge in [-0.2, -0.15) is 0 Å². The number of rotatable bonds is 11. The molecule has 0 spiro atoms. The van der Waals surface area contributed by atoms with Gasteiger partial charge < -0.3 is 59.1 Å².